The van der Waals surface area contributed by atoms with Gasteiger partial charge in [-0.15, -0.1) is 0 Å². The molecule has 0 radical (unpaired) electrons. The largest absolute Gasteiger partial charge is 0.444 e. The number of amides is 3. The smallest absolute Gasteiger partial charge is 0.412 e. The number of rotatable bonds is 5. The van der Waals surface area contributed by atoms with Crippen LogP contribution in [0.2, 0.25) is 10.0 Å². The van der Waals surface area contributed by atoms with Crippen LogP contribution in [0, 0.1) is 5.82 Å². The van der Waals surface area contributed by atoms with Crippen LogP contribution < -0.4 is 16.0 Å². The molecule has 0 aliphatic carbocycles. The fraction of sp³-hybridized carbons (Fsp3) is 0.286. The fourth-order valence-corrected chi connectivity index (χ4v) is 2.77. The molecular formula is C21H22Cl2FN3O4. The van der Waals surface area contributed by atoms with Gasteiger partial charge in [0.1, 0.15) is 17.5 Å². The molecule has 166 valence electrons. The summed E-state index contributed by atoms with van der Waals surface area (Å²) in [7, 11) is 0. The quantitative estimate of drug-likeness (QED) is 0.557. The van der Waals surface area contributed by atoms with Gasteiger partial charge in [-0.05, 0) is 58.0 Å². The standard InChI is InChI=1S/C21H22Cl2FN3O4/c1-11(25-19(29)13-6-5-7-14(22)17(13)23)18(28)26-12-8-9-15(24)16(10-12)27-20(30)31-21(2,3)4/h5-11H,1-4H3,(H,25,29)(H,26,28)(H,27,30). The maximum absolute atomic E-state index is 14.0. The van der Waals surface area contributed by atoms with E-state index in [1.165, 1.54) is 31.2 Å². The van der Waals surface area contributed by atoms with E-state index < -0.39 is 35.4 Å². The highest BCUT2D eigenvalue weighted by atomic mass is 35.5. The minimum atomic E-state index is -0.949. The Kier molecular flexibility index (Phi) is 7.86. The monoisotopic (exact) mass is 469 g/mol. The molecule has 2 aromatic carbocycles. The van der Waals surface area contributed by atoms with Gasteiger partial charge in [-0.25, -0.2) is 9.18 Å². The molecule has 7 nitrogen and oxygen atoms in total. The van der Waals surface area contributed by atoms with Gasteiger partial charge >= 0.3 is 6.09 Å². The predicted molar refractivity (Wildman–Crippen MR) is 118 cm³/mol. The SMILES string of the molecule is CC(NC(=O)c1cccc(Cl)c1Cl)C(=O)Nc1ccc(F)c(NC(=O)OC(C)(C)C)c1. The maximum Gasteiger partial charge on any atom is 0.412 e. The van der Waals surface area contributed by atoms with Gasteiger partial charge in [0.25, 0.3) is 5.91 Å². The molecule has 0 spiro atoms. The molecular weight excluding hydrogens is 448 g/mol. The molecule has 0 aromatic heterocycles. The average Bonchev–Trinajstić information content (AvgIpc) is 2.64. The third-order valence-corrected chi connectivity index (χ3v) is 4.63. The zero-order chi connectivity index (χ0) is 23.3. The first-order valence-corrected chi connectivity index (χ1v) is 9.98. The van der Waals surface area contributed by atoms with Crippen molar-refractivity contribution in [1.29, 1.82) is 0 Å². The van der Waals surface area contributed by atoms with E-state index in [0.717, 1.165) is 6.07 Å². The third-order valence-electron chi connectivity index (χ3n) is 3.81. The number of hydrogen-bond donors (Lipinski definition) is 3. The predicted octanol–water partition coefficient (Wildman–Crippen LogP) is 5.24. The minimum Gasteiger partial charge on any atom is -0.444 e. The lowest BCUT2D eigenvalue weighted by molar-refractivity contribution is -0.117. The Bertz CT molecular complexity index is 1010. The Labute approximate surface area is 189 Å². The zero-order valence-corrected chi connectivity index (χ0v) is 18.8. The Balaban J connectivity index is 2.05. The molecule has 0 fully saturated rings. The van der Waals surface area contributed by atoms with Crippen molar-refractivity contribution in [3.8, 4) is 0 Å². The molecule has 10 heteroatoms. The minimum absolute atomic E-state index is 0.0747. The van der Waals surface area contributed by atoms with Gasteiger partial charge in [0.15, 0.2) is 0 Å². The van der Waals surface area contributed by atoms with Crippen LogP contribution >= 0.6 is 23.2 Å². The fourth-order valence-electron chi connectivity index (χ4n) is 2.38. The van der Waals surface area contributed by atoms with E-state index in [4.69, 9.17) is 27.9 Å². The highest BCUT2D eigenvalue weighted by molar-refractivity contribution is 6.43. The average molecular weight is 470 g/mol. The number of halogens is 3. The topological polar surface area (TPSA) is 96.5 Å². The summed E-state index contributed by atoms with van der Waals surface area (Å²) in [6.07, 6.45) is -0.839. The van der Waals surface area contributed by atoms with Crippen molar-refractivity contribution < 1.29 is 23.5 Å². The van der Waals surface area contributed by atoms with E-state index in [2.05, 4.69) is 16.0 Å². The Hall–Kier alpha value is -2.84. The maximum atomic E-state index is 14.0. The number of benzene rings is 2. The van der Waals surface area contributed by atoms with Crippen LogP contribution in [-0.4, -0.2) is 29.6 Å². The number of hydrogen-bond acceptors (Lipinski definition) is 4. The molecule has 0 bridgehead atoms. The van der Waals surface area contributed by atoms with Gasteiger partial charge in [0, 0.05) is 5.69 Å². The summed E-state index contributed by atoms with van der Waals surface area (Å²) in [5.41, 5.74) is -0.598. The Morgan fingerprint density at radius 1 is 1.06 bits per heavy atom. The van der Waals surface area contributed by atoms with Crippen LogP contribution in [-0.2, 0) is 9.53 Å². The van der Waals surface area contributed by atoms with E-state index in [-0.39, 0.29) is 27.0 Å². The van der Waals surface area contributed by atoms with Gasteiger partial charge in [0.2, 0.25) is 5.91 Å². The lowest BCUT2D eigenvalue weighted by Crippen LogP contribution is -2.41. The summed E-state index contributed by atoms with van der Waals surface area (Å²) >= 11 is 11.9. The summed E-state index contributed by atoms with van der Waals surface area (Å²) in [6.45, 7) is 6.48. The second kappa shape index (κ2) is 9.98. The highest BCUT2D eigenvalue weighted by Gasteiger charge is 2.21. The Morgan fingerprint density at radius 3 is 2.39 bits per heavy atom. The molecule has 2 aromatic rings. The highest BCUT2D eigenvalue weighted by Crippen LogP contribution is 2.25. The van der Waals surface area contributed by atoms with Crippen LogP contribution in [0.1, 0.15) is 38.1 Å². The van der Waals surface area contributed by atoms with Crippen molar-refractivity contribution in [2.45, 2.75) is 39.3 Å². The molecule has 0 heterocycles. The van der Waals surface area contributed by atoms with E-state index in [9.17, 15) is 18.8 Å². The molecule has 0 saturated carbocycles. The van der Waals surface area contributed by atoms with E-state index in [1.807, 2.05) is 0 Å². The lowest BCUT2D eigenvalue weighted by Gasteiger charge is -2.20. The second-order valence-corrected chi connectivity index (χ2v) is 8.39. The number of carbonyl (C=O) groups is 3. The van der Waals surface area contributed by atoms with Crippen molar-refractivity contribution in [1.82, 2.24) is 5.32 Å². The van der Waals surface area contributed by atoms with E-state index in [0.29, 0.717) is 0 Å². The van der Waals surface area contributed by atoms with Crippen molar-refractivity contribution in [2.75, 3.05) is 10.6 Å². The van der Waals surface area contributed by atoms with Crippen molar-refractivity contribution in [3.05, 3.63) is 57.8 Å². The zero-order valence-electron chi connectivity index (χ0n) is 17.3. The number of anilines is 2. The first-order valence-electron chi connectivity index (χ1n) is 9.22. The van der Waals surface area contributed by atoms with Crippen molar-refractivity contribution in [3.63, 3.8) is 0 Å². The van der Waals surface area contributed by atoms with Gasteiger partial charge in [0.05, 0.1) is 21.3 Å². The first kappa shape index (κ1) is 24.4. The van der Waals surface area contributed by atoms with Crippen LogP contribution in [0.5, 0.6) is 0 Å². The molecule has 0 saturated heterocycles. The van der Waals surface area contributed by atoms with Crippen LogP contribution in [0.15, 0.2) is 36.4 Å². The molecule has 3 amide bonds. The van der Waals surface area contributed by atoms with Gasteiger partial charge in [-0.2, -0.15) is 0 Å². The first-order chi connectivity index (χ1) is 14.4. The summed E-state index contributed by atoms with van der Waals surface area (Å²) < 4.78 is 19.1. The van der Waals surface area contributed by atoms with Crippen molar-refractivity contribution in [2.24, 2.45) is 0 Å². The van der Waals surface area contributed by atoms with Gasteiger partial charge in [-0.3, -0.25) is 14.9 Å². The van der Waals surface area contributed by atoms with E-state index >= 15 is 0 Å². The second-order valence-electron chi connectivity index (χ2n) is 7.61. The number of carbonyl (C=O) groups excluding carboxylic acids is 3. The van der Waals surface area contributed by atoms with Crippen LogP contribution in [0.4, 0.5) is 20.6 Å². The molecule has 3 N–H and O–H groups in total. The number of nitrogens with one attached hydrogen (secondary N) is 3. The summed E-state index contributed by atoms with van der Waals surface area (Å²) in [5, 5.41) is 7.63. The van der Waals surface area contributed by atoms with Crippen LogP contribution in [0.25, 0.3) is 0 Å². The van der Waals surface area contributed by atoms with E-state index in [1.54, 1.807) is 26.8 Å². The number of ether oxygens (including phenoxy) is 1. The molecule has 31 heavy (non-hydrogen) atoms. The normalized spacial score (nSPS) is 12.0. The molecule has 1 atom stereocenters. The molecule has 0 aliphatic rings. The Morgan fingerprint density at radius 2 is 1.74 bits per heavy atom. The third kappa shape index (κ3) is 7.11. The summed E-state index contributed by atoms with van der Waals surface area (Å²) in [5.74, 6) is -1.86. The lowest BCUT2D eigenvalue weighted by atomic mass is 10.2. The van der Waals surface area contributed by atoms with Gasteiger partial charge in [-0.1, -0.05) is 29.3 Å². The van der Waals surface area contributed by atoms with Crippen molar-refractivity contribution >= 4 is 52.5 Å². The summed E-state index contributed by atoms with van der Waals surface area (Å²) in [6, 6.07) is 7.25. The summed E-state index contributed by atoms with van der Waals surface area (Å²) in [4.78, 5) is 36.7. The molecule has 1 unspecified atom stereocenters. The molecule has 2 rings (SSSR count). The van der Waals surface area contributed by atoms with Gasteiger partial charge < -0.3 is 15.4 Å². The van der Waals surface area contributed by atoms with Crippen LogP contribution in [0.3, 0.4) is 0 Å². The molecule has 0 aliphatic heterocycles.